The molecular weight excluding hydrogens is 292 g/mol. The fourth-order valence-electron chi connectivity index (χ4n) is 1.59. The number of halogens is 1. The zero-order valence-corrected chi connectivity index (χ0v) is 11.7. The number of nitrogens with one attached hydrogen (secondary N) is 2. The van der Waals surface area contributed by atoms with Gasteiger partial charge in [-0.05, 0) is 45.8 Å². The molecule has 0 aromatic heterocycles. The Morgan fingerprint density at radius 2 is 1.89 bits per heavy atom. The van der Waals surface area contributed by atoms with E-state index in [0.717, 1.165) is 22.5 Å². The van der Waals surface area contributed by atoms with E-state index in [0.29, 0.717) is 0 Å². The van der Waals surface area contributed by atoms with Gasteiger partial charge in [0.25, 0.3) is 0 Å². The number of methoxy groups -OCH3 is 1. The van der Waals surface area contributed by atoms with Crippen molar-refractivity contribution in [1.29, 1.82) is 0 Å². The van der Waals surface area contributed by atoms with Crippen LogP contribution in [-0.2, 0) is 6.54 Å². The van der Waals surface area contributed by atoms with Crippen LogP contribution in [0.1, 0.15) is 5.56 Å². The van der Waals surface area contributed by atoms with E-state index in [1.54, 1.807) is 7.11 Å². The number of ether oxygens (including phenoxy) is 1. The Labute approximate surface area is 115 Å². The predicted octanol–water partition coefficient (Wildman–Crippen LogP) is 3.57. The summed E-state index contributed by atoms with van der Waals surface area (Å²) < 4.78 is 6.15. The lowest BCUT2D eigenvalue weighted by Gasteiger charge is -2.09. The highest BCUT2D eigenvalue weighted by Crippen LogP contribution is 2.25. The van der Waals surface area contributed by atoms with Crippen molar-refractivity contribution < 1.29 is 4.74 Å². The molecule has 3 nitrogen and oxygen atoms in total. The minimum atomic E-state index is 0.734. The van der Waals surface area contributed by atoms with E-state index < -0.39 is 0 Å². The number of benzene rings is 2. The Bertz CT molecular complexity index is 502. The second kappa shape index (κ2) is 6.42. The smallest absolute Gasteiger partial charge is 0.133 e. The average molecular weight is 307 g/mol. The summed E-state index contributed by atoms with van der Waals surface area (Å²) in [5.41, 5.74) is 8.53. The van der Waals surface area contributed by atoms with E-state index in [9.17, 15) is 0 Å². The average Bonchev–Trinajstić information content (AvgIpc) is 2.40. The molecule has 0 aliphatic carbocycles. The van der Waals surface area contributed by atoms with Crippen molar-refractivity contribution in [3.05, 3.63) is 58.6 Å². The van der Waals surface area contributed by atoms with Gasteiger partial charge in [0.1, 0.15) is 5.75 Å². The first-order chi connectivity index (χ1) is 8.79. The molecule has 0 fully saturated rings. The molecule has 0 unspecified atom stereocenters. The lowest BCUT2D eigenvalue weighted by molar-refractivity contribution is 0.412. The zero-order chi connectivity index (χ0) is 12.8. The summed E-state index contributed by atoms with van der Waals surface area (Å²) in [5, 5.41) is 0. The van der Waals surface area contributed by atoms with Crippen LogP contribution in [0.5, 0.6) is 5.75 Å². The normalized spacial score (nSPS) is 10.1. The number of hydrogen-bond donors (Lipinski definition) is 2. The van der Waals surface area contributed by atoms with Gasteiger partial charge in [0.15, 0.2) is 0 Å². The highest BCUT2D eigenvalue weighted by Gasteiger charge is 2.00. The molecule has 0 saturated carbocycles. The number of hydrogen-bond acceptors (Lipinski definition) is 3. The summed E-state index contributed by atoms with van der Waals surface area (Å²) in [6, 6.07) is 16.0. The SMILES string of the molecule is COc1ccc(CNNc2ccccc2)cc1Br. The molecule has 2 N–H and O–H groups in total. The summed E-state index contributed by atoms with van der Waals surface area (Å²) >= 11 is 3.47. The molecule has 0 aliphatic rings. The Hall–Kier alpha value is -1.52. The first-order valence-corrected chi connectivity index (χ1v) is 6.45. The molecule has 0 spiro atoms. The Morgan fingerprint density at radius 3 is 2.56 bits per heavy atom. The van der Waals surface area contributed by atoms with Gasteiger partial charge in [-0.25, -0.2) is 5.43 Å². The molecule has 0 radical (unpaired) electrons. The fourth-order valence-corrected chi connectivity index (χ4v) is 2.18. The summed E-state index contributed by atoms with van der Waals surface area (Å²) in [6.07, 6.45) is 0. The summed E-state index contributed by atoms with van der Waals surface area (Å²) in [4.78, 5) is 0. The van der Waals surface area contributed by atoms with Crippen molar-refractivity contribution in [3.8, 4) is 5.75 Å². The molecule has 2 rings (SSSR count). The Balaban J connectivity index is 1.89. The Morgan fingerprint density at radius 1 is 1.11 bits per heavy atom. The van der Waals surface area contributed by atoms with Gasteiger partial charge in [-0.15, -0.1) is 0 Å². The minimum absolute atomic E-state index is 0.734. The fraction of sp³-hybridized carbons (Fsp3) is 0.143. The zero-order valence-electron chi connectivity index (χ0n) is 10.1. The van der Waals surface area contributed by atoms with Crippen molar-refractivity contribution in [2.45, 2.75) is 6.54 Å². The topological polar surface area (TPSA) is 33.3 Å². The molecule has 2 aromatic carbocycles. The monoisotopic (exact) mass is 306 g/mol. The van der Waals surface area contributed by atoms with Crippen LogP contribution < -0.4 is 15.6 Å². The highest BCUT2D eigenvalue weighted by atomic mass is 79.9. The van der Waals surface area contributed by atoms with Crippen LogP contribution in [0.15, 0.2) is 53.0 Å². The maximum atomic E-state index is 5.19. The summed E-state index contributed by atoms with van der Waals surface area (Å²) in [7, 11) is 1.66. The van der Waals surface area contributed by atoms with E-state index in [-0.39, 0.29) is 0 Å². The van der Waals surface area contributed by atoms with E-state index in [2.05, 4.69) is 26.8 Å². The first kappa shape index (κ1) is 12.9. The van der Waals surface area contributed by atoms with Gasteiger partial charge in [-0.2, -0.15) is 0 Å². The molecule has 0 heterocycles. The summed E-state index contributed by atoms with van der Waals surface area (Å²) in [5.74, 6) is 0.842. The largest absolute Gasteiger partial charge is 0.496 e. The quantitative estimate of drug-likeness (QED) is 0.829. The third-order valence-electron chi connectivity index (χ3n) is 2.52. The molecule has 2 aromatic rings. The van der Waals surface area contributed by atoms with Crippen molar-refractivity contribution in [3.63, 3.8) is 0 Å². The van der Waals surface area contributed by atoms with Crippen molar-refractivity contribution in [1.82, 2.24) is 5.43 Å². The lowest BCUT2D eigenvalue weighted by atomic mass is 10.2. The number of para-hydroxylation sites is 1. The molecule has 4 heteroatoms. The van der Waals surface area contributed by atoms with E-state index >= 15 is 0 Å². The Kier molecular flexibility index (Phi) is 4.61. The number of hydrazine groups is 1. The van der Waals surface area contributed by atoms with Crippen LogP contribution >= 0.6 is 15.9 Å². The van der Waals surface area contributed by atoms with Crippen LogP contribution in [0, 0.1) is 0 Å². The molecule has 0 saturated heterocycles. The molecule has 18 heavy (non-hydrogen) atoms. The molecule has 0 aliphatic heterocycles. The lowest BCUT2D eigenvalue weighted by Crippen LogP contribution is -2.20. The molecule has 94 valence electrons. The number of anilines is 1. The maximum absolute atomic E-state index is 5.19. The minimum Gasteiger partial charge on any atom is -0.496 e. The maximum Gasteiger partial charge on any atom is 0.133 e. The third-order valence-corrected chi connectivity index (χ3v) is 3.13. The van der Waals surface area contributed by atoms with Crippen LogP contribution in [0.3, 0.4) is 0 Å². The molecule has 0 bridgehead atoms. The van der Waals surface area contributed by atoms with Crippen LogP contribution in [0.2, 0.25) is 0 Å². The standard InChI is InChI=1S/C14H15BrN2O/c1-18-14-8-7-11(9-13(14)15)10-16-17-12-5-3-2-4-6-12/h2-9,16-17H,10H2,1H3. The molecule has 0 atom stereocenters. The predicted molar refractivity (Wildman–Crippen MR) is 77.6 cm³/mol. The van der Waals surface area contributed by atoms with Gasteiger partial charge < -0.3 is 10.2 Å². The van der Waals surface area contributed by atoms with Gasteiger partial charge in [-0.1, -0.05) is 24.3 Å². The highest BCUT2D eigenvalue weighted by molar-refractivity contribution is 9.10. The van der Waals surface area contributed by atoms with Crippen molar-refractivity contribution >= 4 is 21.6 Å². The van der Waals surface area contributed by atoms with Gasteiger partial charge in [0.05, 0.1) is 11.6 Å². The van der Waals surface area contributed by atoms with E-state index in [1.165, 1.54) is 5.56 Å². The van der Waals surface area contributed by atoms with Crippen LogP contribution in [0.4, 0.5) is 5.69 Å². The van der Waals surface area contributed by atoms with E-state index in [1.807, 2.05) is 48.5 Å². The second-order valence-electron chi connectivity index (χ2n) is 3.81. The first-order valence-electron chi connectivity index (χ1n) is 5.66. The van der Waals surface area contributed by atoms with E-state index in [4.69, 9.17) is 4.74 Å². The van der Waals surface area contributed by atoms with Gasteiger partial charge in [0, 0.05) is 12.2 Å². The summed E-state index contributed by atoms with van der Waals surface area (Å²) in [6.45, 7) is 0.734. The van der Waals surface area contributed by atoms with Crippen LogP contribution in [-0.4, -0.2) is 7.11 Å². The van der Waals surface area contributed by atoms with Crippen molar-refractivity contribution in [2.24, 2.45) is 0 Å². The third kappa shape index (κ3) is 3.48. The van der Waals surface area contributed by atoms with Gasteiger partial charge >= 0.3 is 0 Å². The molecular formula is C14H15BrN2O. The van der Waals surface area contributed by atoms with Crippen molar-refractivity contribution in [2.75, 3.05) is 12.5 Å². The van der Waals surface area contributed by atoms with Gasteiger partial charge in [0.2, 0.25) is 0 Å². The molecule has 0 amide bonds. The van der Waals surface area contributed by atoms with Gasteiger partial charge in [-0.3, -0.25) is 0 Å². The second-order valence-corrected chi connectivity index (χ2v) is 4.67. The number of rotatable bonds is 5. The van der Waals surface area contributed by atoms with Crippen LogP contribution in [0.25, 0.3) is 0 Å².